The summed E-state index contributed by atoms with van der Waals surface area (Å²) in [6.45, 7) is 11.3. The number of hydrogen-bond donors (Lipinski definition) is 1. The molecule has 3 aromatic rings. The molecule has 1 N–H and O–H groups in total. The van der Waals surface area contributed by atoms with E-state index < -0.39 is 0 Å². The van der Waals surface area contributed by atoms with Crippen LogP contribution in [-0.4, -0.2) is 44.4 Å². The lowest BCUT2D eigenvalue weighted by Gasteiger charge is -2.30. The van der Waals surface area contributed by atoms with Crippen molar-refractivity contribution in [2.45, 2.75) is 65.4 Å². The molecule has 0 aliphatic carbocycles. The number of hydrogen-bond acceptors (Lipinski definition) is 7. The van der Waals surface area contributed by atoms with Crippen LogP contribution in [0.2, 0.25) is 0 Å². The van der Waals surface area contributed by atoms with E-state index in [0.717, 1.165) is 47.7 Å². The van der Waals surface area contributed by atoms with Crippen molar-refractivity contribution >= 4 is 27.2 Å². The molecule has 0 saturated carbocycles. The molecule has 0 atom stereocenters. The van der Waals surface area contributed by atoms with Gasteiger partial charge < -0.3 is 14.8 Å². The molecule has 3 aromatic heterocycles. The molecule has 0 unspecified atom stereocenters. The van der Waals surface area contributed by atoms with E-state index in [2.05, 4.69) is 43.1 Å². The van der Waals surface area contributed by atoms with Crippen LogP contribution in [0.4, 0.5) is 0 Å². The minimum atomic E-state index is -0.156. The molecule has 0 saturated heterocycles. The van der Waals surface area contributed by atoms with Crippen molar-refractivity contribution in [2.75, 3.05) is 13.2 Å². The average Bonchev–Trinajstić information content (AvgIpc) is 3.16. The maximum atomic E-state index is 5.96. The molecule has 0 fully saturated rings. The van der Waals surface area contributed by atoms with Gasteiger partial charge in [-0.05, 0) is 46.2 Å². The highest BCUT2D eigenvalue weighted by molar-refractivity contribution is 7.19. The first-order valence-corrected chi connectivity index (χ1v) is 10.4. The van der Waals surface area contributed by atoms with Crippen LogP contribution in [0.3, 0.4) is 0 Å². The lowest BCUT2D eigenvalue weighted by atomic mass is 9.94. The van der Waals surface area contributed by atoms with Gasteiger partial charge in [-0.25, -0.2) is 14.5 Å². The maximum Gasteiger partial charge on any atom is 0.168 e. The molecule has 0 aromatic carbocycles. The molecular weight excluding hydrogens is 362 g/mol. The van der Waals surface area contributed by atoms with E-state index in [0.29, 0.717) is 13.2 Å². The molecule has 1 aliphatic rings. The van der Waals surface area contributed by atoms with Gasteiger partial charge in [0.1, 0.15) is 11.2 Å². The summed E-state index contributed by atoms with van der Waals surface area (Å²) in [4.78, 5) is 11.7. The Balaban J connectivity index is 1.52. The van der Waals surface area contributed by atoms with Gasteiger partial charge in [-0.15, -0.1) is 16.4 Å². The first-order chi connectivity index (χ1) is 12.9. The maximum absolute atomic E-state index is 5.96. The van der Waals surface area contributed by atoms with Gasteiger partial charge in [-0.3, -0.25) is 0 Å². The Bertz CT molecular complexity index is 947. The van der Waals surface area contributed by atoms with E-state index in [-0.39, 0.29) is 11.7 Å². The van der Waals surface area contributed by atoms with Crippen molar-refractivity contribution in [3.05, 3.63) is 22.6 Å². The predicted molar refractivity (Wildman–Crippen MR) is 106 cm³/mol. The number of nitrogens with zero attached hydrogens (tertiary/aromatic N) is 4. The van der Waals surface area contributed by atoms with Crippen LogP contribution >= 0.6 is 11.3 Å². The highest BCUT2D eigenvalue weighted by Gasteiger charge is 2.30. The van der Waals surface area contributed by atoms with Crippen LogP contribution in [-0.2, 0) is 29.0 Å². The zero-order chi connectivity index (χ0) is 19.0. The number of rotatable bonds is 7. The fourth-order valence-electron chi connectivity index (χ4n) is 3.38. The molecule has 4 heterocycles. The van der Waals surface area contributed by atoms with Crippen LogP contribution in [0.25, 0.3) is 15.9 Å². The molecule has 8 heteroatoms. The monoisotopic (exact) mass is 389 g/mol. The second-order valence-corrected chi connectivity index (χ2v) is 8.98. The minimum Gasteiger partial charge on any atom is -0.379 e. The molecular formula is C19H27N5O2S. The second-order valence-electron chi connectivity index (χ2n) is 7.90. The predicted octanol–water partition coefficient (Wildman–Crippen LogP) is 3.10. The summed E-state index contributed by atoms with van der Waals surface area (Å²) in [5, 5.41) is 9.13. The Morgan fingerprint density at radius 1 is 1.41 bits per heavy atom. The number of thiophene rings is 1. The molecule has 146 valence electrons. The third kappa shape index (κ3) is 3.99. The summed E-state index contributed by atoms with van der Waals surface area (Å²) in [7, 11) is 0. The molecule has 0 spiro atoms. The van der Waals surface area contributed by atoms with Crippen LogP contribution in [0.15, 0.2) is 6.33 Å². The first kappa shape index (κ1) is 18.7. The van der Waals surface area contributed by atoms with Crippen LogP contribution in [0.5, 0.6) is 0 Å². The van der Waals surface area contributed by atoms with E-state index in [4.69, 9.17) is 14.5 Å². The molecule has 1 aliphatic heterocycles. The van der Waals surface area contributed by atoms with Crippen molar-refractivity contribution in [3.8, 4) is 0 Å². The molecule has 27 heavy (non-hydrogen) atoms. The van der Waals surface area contributed by atoms with Crippen molar-refractivity contribution in [1.29, 1.82) is 0 Å². The number of ether oxygens (including phenoxy) is 2. The summed E-state index contributed by atoms with van der Waals surface area (Å²) < 4.78 is 13.3. The van der Waals surface area contributed by atoms with Crippen molar-refractivity contribution < 1.29 is 9.47 Å². The van der Waals surface area contributed by atoms with Gasteiger partial charge in [0.25, 0.3) is 0 Å². The average molecular weight is 390 g/mol. The van der Waals surface area contributed by atoms with Gasteiger partial charge in [0.2, 0.25) is 0 Å². The van der Waals surface area contributed by atoms with Gasteiger partial charge >= 0.3 is 0 Å². The lowest BCUT2D eigenvalue weighted by Crippen LogP contribution is -2.31. The lowest BCUT2D eigenvalue weighted by molar-refractivity contribution is -0.0379. The van der Waals surface area contributed by atoms with Gasteiger partial charge in [0.15, 0.2) is 11.5 Å². The van der Waals surface area contributed by atoms with Gasteiger partial charge in [0, 0.05) is 17.9 Å². The SMILES string of the molecule is CC(C)OCCCNCc1nc2c3c4c(sc3ncn2n1)COC(C)(C)C4. The summed E-state index contributed by atoms with van der Waals surface area (Å²) >= 11 is 1.71. The summed E-state index contributed by atoms with van der Waals surface area (Å²) in [6.07, 6.45) is 3.90. The molecule has 7 nitrogen and oxygen atoms in total. The van der Waals surface area contributed by atoms with E-state index in [9.17, 15) is 0 Å². The fourth-order valence-corrected chi connectivity index (χ4v) is 4.44. The summed E-state index contributed by atoms with van der Waals surface area (Å²) in [5.41, 5.74) is 2.06. The van der Waals surface area contributed by atoms with Crippen LogP contribution in [0.1, 0.15) is 50.4 Å². The third-order valence-corrected chi connectivity index (χ3v) is 5.80. The van der Waals surface area contributed by atoms with Crippen molar-refractivity contribution in [1.82, 2.24) is 24.9 Å². The smallest absolute Gasteiger partial charge is 0.168 e. The van der Waals surface area contributed by atoms with Gasteiger partial charge in [-0.1, -0.05) is 0 Å². The first-order valence-electron chi connectivity index (χ1n) is 9.54. The van der Waals surface area contributed by atoms with E-state index >= 15 is 0 Å². The van der Waals surface area contributed by atoms with Crippen LogP contribution in [0, 0.1) is 0 Å². The third-order valence-electron chi connectivity index (χ3n) is 4.68. The quantitative estimate of drug-likeness (QED) is 0.626. The molecule has 4 rings (SSSR count). The fraction of sp³-hybridized carbons (Fsp3) is 0.632. The zero-order valence-corrected chi connectivity index (χ0v) is 17.2. The summed E-state index contributed by atoms with van der Waals surface area (Å²) in [6, 6.07) is 0. The minimum absolute atomic E-state index is 0.156. The van der Waals surface area contributed by atoms with Gasteiger partial charge in [0.05, 0.1) is 30.2 Å². The van der Waals surface area contributed by atoms with Crippen molar-refractivity contribution in [3.63, 3.8) is 0 Å². The second kappa shape index (κ2) is 7.43. The topological polar surface area (TPSA) is 73.6 Å². The Labute approximate surface area is 163 Å². The Morgan fingerprint density at radius 2 is 2.26 bits per heavy atom. The Morgan fingerprint density at radius 3 is 3.07 bits per heavy atom. The van der Waals surface area contributed by atoms with E-state index in [1.165, 1.54) is 10.4 Å². The van der Waals surface area contributed by atoms with E-state index in [1.807, 2.05) is 0 Å². The van der Waals surface area contributed by atoms with Gasteiger partial charge in [-0.2, -0.15) is 0 Å². The number of nitrogens with one attached hydrogen (secondary N) is 1. The molecule has 0 bridgehead atoms. The molecule has 0 radical (unpaired) electrons. The number of aromatic nitrogens is 4. The zero-order valence-electron chi connectivity index (χ0n) is 16.4. The normalized spacial score (nSPS) is 16.5. The highest BCUT2D eigenvalue weighted by Crippen LogP contribution is 2.39. The molecule has 0 amide bonds. The largest absolute Gasteiger partial charge is 0.379 e. The standard InChI is InChI=1S/C19H27N5O2S/c1-12(2)25-7-5-6-20-9-15-22-17-16-13-8-19(3,4)26-10-14(13)27-18(16)21-11-24(17)23-15/h11-12,20H,5-10H2,1-4H3. The Kier molecular flexibility index (Phi) is 5.15. The summed E-state index contributed by atoms with van der Waals surface area (Å²) in [5.74, 6) is 0.792. The number of fused-ring (bicyclic) bond motifs is 5. The Hall–Kier alpha value is -1.61. The van der Waals surface area contributed by atoms with Crippen molar-refractivity contribution in [2.24, 2.45) is 0 Å². The van der Waals surface area contributed by atoms with Crippen LogP contribution < -0.4 is 5.32 Å². The van der Waals surface area contributed by atoms with E-state index in [1.54, 1.807) is 22.2 Å². The highest BCUT2D eigenvalue weighted by atomic mass is 32.1.